The van der Waals surface area contributed by atoms with Crippen molar-refractivity contribution in [3.8, 4) is 0 Å². The van der Waals surface area contributed by atoms with E-state index in [4.69, 9.17) is 12.2 Å². The monoisotopic (exact) mass is 559 g/mol. The van der Waals surface area contributed by atoms with Gasteiger partial charge in [-0.3, -0.25) is 0 Å². The molecule has 3 N–H and O–H groups in total. The van der Waals surface area contributed by atoms with Crippen LogP contribution in [0.2, 0.25) is 0 Å². The van der Waals surface area contributed by atoms with Crippen LogP contribution in [0.15, 0.2) is 68.7 Å². The molecule has 12 heteroatoms. The van der Waals surface area contributed by atoms with Gasteiger partial charge in [-0.1, -0.05) is 15.9 Å². The predicted molar refractivity (Wildman–Crippen MR) is 121 cm³/mol. The molecule has 3 rings (SSSR count). The smallest absolute Gasteiger partial charge is 0.264 e. The molecule has 0 bridgehead atoms. The van der Waals surface area contributed by atoms with Crippen LogP contribution < -0.4 is 15.4 Å². The molecule has 1 aromatic heterocycles. The zero-order valence-corrected chi connectivity index (χ0v) is 19.2. The number of benzene rings is 2. The Morgan fingerprint density at radius 1 is 1.03 bits per heavy atom. The van der Waals surface area contributed by atoms with Crippen LogP contribution in [0.5, 0.6) is 0 Å². The quantitative estimate of drug-likeness (QED) is 0.387. The molecule has 0 spiro atoms. The van der Waals surface area contributed by atoms with E-state index < -0.39 is 15.8 Å². The predicted octanol–water partition coefficient (Wildman–Crippen LogP) is 4.75. The van der Waals surface area contributed by atoms with Crippen LogP contribution in [0.1, 0.15) is 0 Å². The Hall–Kier alpha value is -2.15. The summed E-state index contributed by atoms with van der Waals surface area (Å²) in [5.41, 5.74) is 0.697. The van der Waals surface area contributed by atoms with E-state index in [1.54, 1.807) is 12.1 Å². The summed E-state index contributed by atoms with van der Waals surface area (Å²) in [6.45, 7) is 0. The fraction of sp³-hybridized carbons (Fsp3) is 0. The van der Waals surface area contributed by atoms with Crippen molar-refractivity contribution in [3.63, 3.8) is 0 Å². The van der Waals surface area contributed by atoms with E-state index in [-0.39, 0.29) is 21.6 Å². The van der Waals surface area contributed by atoms with Crippen LogP contribution in [0.3, 0.4) is 0 Å². The number of hydrogen-bond acceptors (Lipinski definition) is 5. The topological polar surface area (TPSA) is 96.0 Å². The fourth-order valence-electron chi connectivity index (χ4n) is 2.19. The van der Waals surface area contributed by atoms with Crippen molar-refractivity contribution in [2.75, 3.05) is 15.4 Å². The molecule has 2 aromatic carbocycles. The van der Waals surface area contributed by atoms with E-state index in [1.165, 1.54) is 42.7 Å². The minimum absolute atomic E-state index is 0.0241. The van der Waals surface area contributed by atoms with Crippen molar-refractivity contribution in [1.82, 2.24) is 9.97 Å². The van der Waals surface area contributed by atoms with E-state index in [1.807, 2.05) is 0 Å². The lowest BCUT2D eigenvalue weighted by Crippen LogP contribution is -2.20. The third-order valence-corrected chi connectivity index (χ3v) is 6.09. The van der Waals surface area contributed by atoms with Gasteiger partial charge >= 0.3 is 0 Å². The van der Waals surface area contributed by atoms with Gasteiger partial charge in [0.05, 0.1) is 10.6 Å². The Morgan fingerprint density at radius 2 is 1.69 bits per heavy atom. The van der Waals surface area contributed by atoms with Crippen LogP contribution in [0.25, 0.3) is 0 Å². The molecule has 0 fully saturated rings. The summed E-state index contributed by atoms with van der Waals surface area (Å²) in [5.74, 6) is -0.520. The molecule has 0 aliphatic carbocycles. The van der Waals surface area contributed by atoms with Crippen molar-refractivity contribution in [2.45, 2.75) is 4.90 Å². The molecule has 150 valence electrons. The Morgan fingerprint density at radius 3 is 2.31 bits per heavy atom. The lowest BCUT2D eigenvalue weighted by molar-refractivity contribution is 0.601. The van der Waals surface area contributed by atoms with Gasteiger partial charge < -0.3 is 10.6 Å². The summed E-state index contributed by atoms with van der Waals surface area (Å²) in [6, 6.07) is 10.4. The highest BCUT2D eigenvalue weighted by molar-refractivity contribution is 9.11. The standard InChI is InChI=1S/C17H12Br2FN5O2S2/c18-10-8-13(19)15(14(20)9-10)24-17(28)23-11-2-4-12(5-3-11)29(26,27)25-16-21-6-1-7-22-16/h1-9H,(H,21,22,25)(H2,23,24,28). The van der Waals surface area contributed by atoms with Crippen LogP contribution in [0, 0.1) is 5.82 Å². The van der Waals surface area contributed by atoms with Gasteiger partial charge in [0, 0.05) is 27.0 Å². The first-order valence-electron chi connectivity index (χ1n) is 7.87. The first-order valence-corrected chi connectivity index (χ1v) is 11.3. The van der Waals surface area contributed by atoms with Crippen LogP contribution >= 0.6 is 44.1 Å². The van der Waals surface area contributed by atoms with Gasteiger partial charge in [-0.25, -0.2) is 27.5 Å². The minimum Gasteiger partial charge on any atom is -0.332 e. The SMILES string of the molecule is O=S(=O)(Nc1ncccn1)c1ccc(NC(=S)Nc2c(F)cc(Br)cc2Br)cc1. The molecule has 29 heavy (non-hydrogen) atoms. The molecule has 7 nitrogen and oxygen atoms in total. The van der Waals surface area contributed by atoms with E-state index in [2.05, 4.69) is 57.2 Å². The lowest BCUT2D eigenvalue weighted by Gasteiger charge is -2.13. The molecule has 0 atom stereocenters. The maximum Gasteiger partial charge on any atom is 0.264 e. The molecular weight excluding hydrogens is 549 g/mol. The van der Waals surface area contributed by atoms with Gasteiger partial charge in [-0.15, -0.1) is 0 Å². The summed E-state index contributed by atoms with van der Waals surface area (Å²) in [4.78, 5) is 7.68. The Bertz CT molecular complexity index is 1120. The maximum absolute atomic E-state index is 14.1. The normalized spacial score (nSPS) is 11.0. The number of aromatic nitrogens is 2. The van der Waals surface area contributed by atoms with E-state index in [0.717, 1.165) is 0 Å². The lowest BCUT2D eigenvalue weighted by atomic mass is 10.3. The summed E-state index contributed by atoms with van der Waals surface area (Å²) in [6.07, 6.45) is 2.86. The van der Waals surface area contributed by atoms with Gasteiger partial charge in [0.15, 0.2) is 5.11 Å². The molecule has 0 saturated carbocycles. The number of nitrogens with one attached hydrogen (secondary N) is 3. The second-order valence-corrected chi connectivity index (χ2v) is 9.39. The molecule has 0 aliphatic rings. The number of hydrogen-bond donors (Lipinski definition) is 3. The van der Waals surface area contributed by atoms with E-state index in [0.29, 0.717) is 14.6 Å². The maximum atomic E-state index is 14.1. The van der Waals surface area contributed by atoms with Gasteiger partial charge in [0.2, 0.25) is 5.95 Å². The Kier molecular flexibility index (Phi) is 6.77. The number of sulfonamides is 1. The van der Waals surface area contributed by atoms with Gasteiger partial charge in [-0.05, 0) is 70.6 Å². The summed E-state index contributed by atoms with van der Waals surface area (Å²) < 4.78 is 42.2. The first kappa shape index (κ1) is 21.6. The highest BCUT2D eigenvalue weighted by atomic mass is 79.9. The fourth-order valence-corrected chi connectivity index (χ4v) is 4.64. The Balaban J connectivity index is 1.68. The average Bonchev–Trinajstić information content (AvgIpc) is 2.65. The second kappa shape index (κ2) is 9.11. The molecular formula is C17H12Br2FN5O2S2. The van der Waals surface area contributed by atoms with Crippen molar-refractivity contribution in [3.05, 3.63) is 69.6 Å². The van der Waals surface area contributed by atoms with Gasteiger partial charge in [0.25, 0.3) is 10.0 Å². The second-order valence-electron chi connectivity index (χ2n) is 5.53. The minimum atomic E-state index is -3.83. The Labute approximate surface area is 188 Å². The zero-order valence-electron chi connectivity index (χ0n) is 14.4. The molecule has 0 radical (unpaired) electrons. The average molecular weight is 561 g/mol. The number of rotatable bonds is 5. The number of thiocarbonyl (C=S) groups is 1. The first-order chi connectivity index (χ1) is 13.7. The van der Waals surface area contributed by atoms with Crippen molar-refractivity contribution < 1.29 is 12.8 Å². The molecule has 0 unspecified atom stereocenters. The molecule has 0 amide bonds. The van der Waals surface area contributed by atoms with Crippen molar-refractivity contribution in [2.24, 2.45) is 0 Å². The number of anilines is 3. The largest absolute Gasteiger partial charge is 0.332 e. The summed E-state index contributed by atoms with van der Waals surface area (Å²) >= 11 is 11.7. The summed E-state index contributed by atoms with van der Waals surface area (Å²) in [5, 5.41) is 5.77. The van der Waals surface area contributed by atoms with Crippen LogP contribution in [-0.2, 0) is 10.0 Å². The number of nitrogens with zero attached hydrogens (tertiary/aromatic N) is 2. The third-order valence-electron chi connectivity index (χ3n) is 3.46. The molecule has 3 aromatic rings. The van der Waals surface area contributed by atoms with Crippen LogP contribution in [0.4, 0.5) is 21.7 Å². The summed E-state index contributed by atoms with van der Waals surface area (Å²) in [7, 11) is -3.83. The van der Waals surface area contributed by atoms with Gasteiger partial charge in [0.1, 0.15) is 5.82 Å². The molecule has 0 aliphatic heterocycles. The van der Waals surface area contributed by atoms with E-state index in [9.17, 15) is 12.8 Å². The molecule has 0 saturated heterocycles. The van der Waals surface area contributed by atoms with E-state index >= 15 is 0 Å². The molecule has 1 heterocycles. The number of halogens is 3. The van der Waals surface area contributed by atoms with Crippen LogP contribution in [-0.4, -0.2) is 23.5 Å². The highest BCUT2D eigenvalue weighted by Crippen LogP contribution is 2.29. The third kappa shape index (κ3) is 5.69. The highest BCUT2D eigenvalue weighted by Gasteiger charge is 2.16. The van der Waals surface area contributed by atoms with Crippen molar-refractivity contribution in [1.29, 1.82) is 0 Å². The zero-order chi connectivity index (χ0) is 21.0. The van der Waals surface area contributed by atoms with Gasteiger partial charge in [-0.2, -0.15) is 0 Å². The van der Waals surface area contributed by atoms with Crippen molar-refractivity contribution >= 4 is 76.5 Å².